The number of aromatic amines is 2. The van der Waals surface area contributed by atoms with Crippen molar-refractivity contribution < 1.29 is 9.90 Å². The minimum absolute atomic E-state index is 0.260. The van der Waals surface area contributed by atoms with E-state index < -0.39 is 5.97 Å². The number of hydrogen-bond donors (Lipinski definition) is 4. The summed E-state index contributed by atoms with van der Waals surface area (Å²) in [6, 6.07) is 0. The van der Waals surface area contributed by atoms with Crippen molar-refractivity contribution in [1.82, 2.24) is 19.9 Å². The third kappa shape index (κ3) is 7.98. The van der Waals surface area contributed by atoms with E-state index in [1.54, 1.807) is 13.0 Å². The van der Waals surface area contributed by atoms with Crippen LogP contribution in [0, 0.1) is 10.1 Å². The molecule has 7 nitrogen and oxygen atoms in total. The molecule has 0 unspecified atom stereocenters. The summed E-state index contributed by atoms with van der Waals surface area (Å²) in [6.07, 6.45) is 16.6. The number of hydrogen-bond acceptors (Lipinski definition) is 5. The molecule has 0 amide bonds. The number of allylic oxidation sites excluding steroid dienone is 9. The minimum Gasteiger partial charge on any atom is -0.478 e. The Balaban J connectivity index is 0.000000288. The van der Waals surface area contributed by atoms with E-state index >= 15 is 0 Å². The van der Waals surface area contributed by atoms with Crippen molar-refractivity contribution in [2.24, 2.45) is 5.41 Å². The predicted octanol–water partition coefficient (Wildman–Crippen LogP) is 6.20. The zero-order valence-electron chi connectivity index (χ0n) is 19.9. The fourth-order valence-electron chi connectivity index (χ4n) is 3.74. The van der Waals surface area contributed by atoms with Crippen LogP contribution in [0.3, 0.4) is 0 Å². The summed E-state index contributed by atoms with van der Waals surface area (Å²) in [5, 5.41) is 8.65. The Bertz CT molecular complexity index is 1210. The van der Waals surface area contributed by atoms with E-state index in [4.69, 9.17) is 23.1 Å². The molecule has 0 saturated heterocycles. The summed E-state index contributed by atoms with van der Waals surface area (Å²) in [7, 11) is 0. The average molecular weight is 468 g/mol. The Morgan fingerprint density at radius 3 is 2.67 bits per heavy atom. The monoisotopic (exact) mass is 467 g/mol. The van der Waals surface area contributed by atoms with E-state index in [2.05, 4.69) is 59.8 Å². The van der Waals surface area contributed by atoms with Crippen molar-refractivity contribution in [2.75, 3.05) is 5.73 Å². The van der Waals surface area contributed by atoms with E-state index in [1.807, 2.05) is 12.2 Å². The Labute approximate surface area is 199 Å². The first-order valence-electron chi connectivity index (χ1n) is 10.8. The molecule has 2 aromatic rings. The quantitative estimate of drug-likeness (QED) is 0.236. The SMILES string of the molecule is CC1=C(/C=C/C(C)=C/C=C/C(C)=C\C(=O)O)C(C)(C)CCC1.Nc1nc(=S)c2[nH]cnc2[nH]1. The molecule has 5 N–H and O–H groups in total. The standard InChI is InChI=1S/C20H28O2.C5H5N5S/c1-15(8-6-9-16(2)14-19(21)22)11-12-18-17(3)10-7-13-20(18,4)5;6-5-9-3-2(4(11)10-5)7-1-8-3/h6,8-9,11-12,14H,7,10,13H2,1-5H3,(H,21,22);1H,(H4,6,7,8,9,10,11)/b9-6+,12-11+,15-8+,16-14-;. The summed E-state index contributed by atoms with van der Waals surface area (Å²) < 4.78 is 0.439. The van der Waals surface area contributed by atoms with Gasteiger partial charge in [0.15, 0.2) is 10.3 Å². The van der Waals surface area contributed by atoms with Crippen molar-refractivity contribution in [3.63, 3.8) is 0 Å². The molecule has 8 heteroatoms. The van der Waals surface area contributed by atoms with Gasteiger partial charge in [0.25, 0.3) is 0 Å². The molecule has 2 heterocycles. The van der Waals surface area contributed by atoms with Crippen molar-refractivity contribution in [2.45, 2.75) is 53.9 Å². The van der Waals surface area contributed by atoms with Gasteiger partial charge < -0.3 is 20.8 Å². The molecule has 176 valence electrons. The van der Waals surface area contributed by atoms with Gasteiger partial charge in [-0.05, 0) is 56.6 Å². The molecule has 0 aromatic carbocycles. The normalized spacial score (nSPS) is 17.0. The third-order valence-electron chi connectivity index (χ3n) is 5.45. The fourth-order valence-corrected chi connectivity index (χ4v) is 4.00. The molecule has 1 aliphatic carbocycles. The van der Waals surface area contributed by atoms with Crippen LogP contribution in [0.2, 0.25) is 0 Å². The van der Waals surface area contributed by atoms with E-state index in [9.17, 15) is 4.79 Å². The van der Waals surface area contributed by atoms with Crippen LogP contribution >= 0.6 is 12.2 Å². The second-order valence-electron chi connectivity index (χ2n) is 8.81. The number of nitrogens with two attached hydrogens (primary N) is 1. The summed E-state index contributed by atoms with van der Waals surface area (Å²) in [5.41, 5.74) is 11.8. The zero-order valence-corrected chi connectivity index (χ0v) is 20.7. The number of carboxylic acid groups (broad SMARTS) is 1. The van der Waals surface area contributed by atoms with Crippen LogP contribution in [-0.2, 0) is 4.79 Å². The molecule has 0 atom stereocenters. The number of carboxylic acids is 1. The van der Waals surface area contributed by atoms with Gasteiger partial charge >= 0.3 is 5.97 Å². The highest BCUT2D eigenvalue weighted by Crippen LogP contribution is 2.40. The lowest BCUT2D eigenvalue weighted by Crippen LogP contribution is -2.19. The highest BCUT2D eigenvalue weighted by atomic mass is 32.1. The fraction of sp³-hybridized carbons (Fsp3) is 0.360. The van der Waals surface area contributed by atoms with E-state index in [0.29, 0.717) is 15.8 Å². The van der Waals surface area contributed by atoms with Gasteiger partial charge in [0.1, 0.15) is 5.52 Å². The summed E-state index contributed by atoms with van der Waals surface area (Å²) in [4.78, 5) is 23.9. The number of nitrogens with one attached hydrogen (secondary N) is 2. The van der Waals surface area contributed by atoms with Crippen molar-refractivity contribution >= 4 is 35.3 Å². The first kappa shape index (κ1) is 26.0. The number of rotatable bonds is 5. The maximum Gasteiger partial charge on any atom is 0.328 e. The van der Waals surface area contributed by atoms with Crippen LogP contribution in [0.4, 0.5) is 5.95 Å². The van der Waals surface area contributed by atoms with Gasteiger partial charge in [-0.1, -0.05) is 67.6 Å². The van der Waals surface area contributed by atoms with Gasteiger partial charge in [-0.2, -0.15) is 0 Å². The van der Waals surface area contributed by atoms with Crippen molar-refractivity contribution in [3.8, 4) is 0 Å². The Kier molecular flexibility index (Phi) is 9.11. The molecule has 0 radical (unpaired) electrons. The lowest BCUT2D eigenvalue weighted by Gasteiger charge is -2.32. The third-order valence-corrected chi connectivity index (χ3v) is 5.74. The predicted molar refractivity (Wildman–Crippen MR) is 137 cm³/mol. The van der Waals surface area contributed by atoms with Gasteiger partial charge in [-0.15, -0.1) is 0 Å². The van der Waals surface area contributed by atoms with Gasteiger partial charge in [0.05, 0.1) is 6.33 Å². The number of H-pyrrole nitrogens is 2. The molecule has 0 spiro atoms. The zero-order chi connectivity index (χ0) is 24.6. The van der Waals surface area contributed by atoms with Crippen LogP contribution < -0.4 is 5.73 Å². The molecule has 0 fully saturated rings. The number of nitrogen functional groups attached to an aromatic ring is 1. The Morgan fingerprint density at radius 2 is 2.00 bits per heavy atom. The minimum atomic E-state index is -0.912. The first-order chi connectivity index (χ1) is 15.5. The van der Waals surface area contributed by atoms with Crippen molar-refractivity contribution in [1.29, 1.82) is 0 Å². The van der Waals surface area contributed by atoms with Crippen LogP contribution in [0.1, 0.15) is 53.9 Å². The molecule has 0 bridgehead atoms. The molecule has 33 heavy (non-hydrogen) atoms. The molecule has 3 rings (SSSR count). The van der Waals surface area contributed by atoms with Gasteiger partial charge in [0.2, 0.25) is 5.95 Å². The molecular formula is C25H33N5O2S. The molecule has 1 aliphatic rings. The smallest absolute Gasteiger partial charge is 0.328 e. The van der Waals surface area contributed by atoms with Crippen LogP contribution in [-0.4, -0.2) is 31.0 Å². The maximum absolute atomic E-state index is 10.5. The molecule has 0 aliphatic heterocycles. The number of nitrogens with zero attached hydrogens (tertiary/aromatic N) is 2. The highest BCUT2D eigenvalue weighted by molar-refractivity contribution is 7.71. The topological polar surface area (TPSA) is 121 Å². The molecule has 0 saturated carbocycles. The largest absolute Gasteiger partial charge is 0.478 e. The number of aliphatic carboxylic acids is 1. The Morgan fingerprint density at radius 1 is 1.27 bits per heavy atom. The highest BCUT2D eigenvalue weighted by Gasteiger charge is 2.26. The van der Waals surface area contributed by atoms with Crippen molar-refractivity contribution in [3.05, 3.63) is 69.7 Å². The summed E-state index contributed by atoms with van der Waals surface area (Å²) in [5.74, 6) is -0.626. The van der Waals surface area contributed by atoms with E-state index in [-0.39, 0.29) is 11.4 Å². The Hall–Kier alpha value is -3.26. The van der Waals surface area contributed by atoms with Gasteiger partial charge in [0, 0.05) is 6.08 Å². The number of imidazole rings is 1. The number of aromatic nitrogens is 4. The van der Waals surface area contributed by atoms with Crippen LogP contribution in [0.15, 0.2) is 65.1 Å². The number of carbonyl (C=O) groups is 1. The second-order valence-corrected chi connectivity index (χ2v) is 9.20. The lowest BCUT2D eigenvalue weighted by molar-refractivity contribution is -0.131. The van der Waals surface area contributed by atoms with Gasteiger partial charge in [-0.25, -0.2) is 14.8 Å². The molecular weight excluding hydrogens is 434 g/mol. The summed E-state index contributed by atoms with van der Waals surface area (Å²) in [6.45, 7) is 10.7. The first-order valence-corrected chi connectivity index (χ1v) is 11.2. The van der Waals surface area contributed by atoms with Crippen LogP contribution in [0.25, 0.3) is 11.2 Å². The summed E-state index contributed by atoms with van der Waals surface area (Å²) >= 11 is 4.91. The van der Waals surface area contributed by atoms with E-state index in [0.717, 1.165) is 11.1 Å². The lowest BCUT2D eigenvalue weighted by atomic mass is 9.72. The molecule has 2 aromatic heterocycles. The van der Waals surface area contributed by atoms with E-state index in [1.165, 1.54) is 42.8 Å². The average Bonchev–Trinajstić information content (AvgIpc) is 3.16. The number of anilines is 1. The second kappa shape index (κ2) is 11.6. The maximum atomic E-state index is 10.5. The van der Waals surface area contributed by atoms with Gasteiger partial charge in [-0.3, -0.25) is 0 Å². The van der Waals surface area contributed by atoms with Crippen LogP contribution in [0.5, 0.6) is 0 Å². The number of fused-ring (bicyclic) bond motifs is 1.